The number of aryl methyl sites for hydroxylation is 3. The van der Waals surface area contributed by atoms with Crippen molar-refractivity contribution in [2.45, 2.75) is 26.9 Å². The molecule has 0 unspecified atom stereocenters. The van der Waals surface area contributed by atoms with E-state index in [1.807, 2.05) is 24.5 Å². The highest BCUT2D eigenvalue weighted by atomic mass is 16.5. The number of carbonyl (C=O) groups is 1. The van der Waals surface area contributed by atoms with E-state index in [9.17, 15) is 14.4 Å². The van der Waals surface area contributed by atoms with E-state index >= 15 is 0 Å². The molecule has 28 heavy (non-hydrogen) atoms. The number of rotatable bonds is 3. The fraction of sp³-hybridized carbons (Fsp3) is 0.368. The van der Waals surface area contributed by atoms with E-state index < -0.39 is 23.8 Å². The number of nitrogens with zero attached hydrogens (tertiary/aromatic N) is 5. The summed E-state index contributed by atoms with van der Waals surface area (Å²) in [6.07, 6.45) is 0. The highest BCUT2D eigenvalue weighted by molar-refractivity contribution is 5.79. The number of aromatic nitrogens is 4. The van der Waals surface area contributed by atoms with Crippen molar-refractivity contribution in [1.29, 1.82) is 0 Å². The molecule has 0 saturated carbocycles. The summed E-state index contributed by atoms with van der Waals surface area (Å²) in [4.78, 5) is 43.9. The molecule has 1 aliphatic rings. The maximum atomic E-state index is 13.0. The molecule has 0 saturated heterocycles. The first-order valence-corrected chi connectivity index (χ1v) is 8.95. The van der Waals surface area contributed by atoms with Gasteiger partial charge in [-0.05, 0) is 31.0 Å². The summed E-state index contributed by atoms with van der Waals surface area (Å²) < 4.78 is 8.61. The molecular formula is C19H21N5O4. The molecule has 0 aliphatic carbocycles. The molecule has 0 bridgehead atoms. The van der Waals surface area contributed by atoms with E-state index in [1.54, 1.807) is 7.05 Å². The van der Waals surface area contributed by atoms with Gasteiger partial charge in [-0.2, -0.15) is 4.98 Å². The second-order valence-corrected chi connectivity index (χ2v) is 6.99. The lowest BCUT2D eigenvalue weighted by Gasteiger charge is -2.19. The molecule has 2 aromatic heterocycles. The van der Waals surface area contributed by atoms with Crippen LogP contribution in [0.4, 0.5) is 11.6 Å². The van der Waals surface area contributed by atoms with Gasteiger partial charge in [-0.15, -0.1) is 0 Å². The minimum Gasteiger partial charge on any atom is -0.468 e. The molecule has 0 amide bonds. The van der Waals surface area contributed by atoms with E-state index in [1.165, 1.54) is 11.7 Å². The molecule has 9 nitrogen and oxygen atoms in total. The van der Waals surface area contributed by atoms with Crippen LogP contribution in [-0.2, 0) is 29.7 Å². The van der Waals surface area contributed by atoms with Gasteiger partial charge in [0.25, 0.3) is 5.56 Å². The molecule has 1 aromatic carbocycles. The van der Waals surface area contributed by atoms with Crippen molar-refractivity contribution >= 4 is 28.8 Å². The Balaban J connectivity index is 1.95. The third-order valence-corrected chi connectivity index (χ3v) is 5.17. The lowest BCUT2D eigenvalue weighted by atomic mass is 10.1. The highest BCUT2D eigenvalue weighted by Crippen LogP contribution is 2.34. The van der Waals surface area contributed by atoms with Crippen LogP contribution in [0.15, 0.2) is 27.8 Å². The smallest absolute Gasteiger partial charge is 0.333 e. The quantitative estimate of drug-likeness (QED) is 0.623. The minimum atomic E-state index is -0.656. The molecule has 4 rings (SSSR count). The number of ether oxygens (including phenoxy) is 1. The van der Waals surface area contributed by atoms with Gasteiger partial charge < -0.3 is 14.2 Å². The number of esters is 1. The van der Waals surface area contributed by atoms with Crippen LogP contribution in [0.1, 0.15) is 11.1 Å². The molecule has 1 aliphatic heterocycles. The lowest BCUT2D eigenvalue weighted by Crippen LogP contribution is -2.41. The van der Waals surface area contributed by atoms with Crippen molar-refractivity contribution in [2.75, 3.05) is 18.6 Å². The number of carbonyl (C=O) groups excluding carboxylic acids is 1. The van der Waals surface area contributed by atoms with Crippen LogP contribution in [0, 0.1) is 13.8 Å². The van der Waals surface area contributed by atoms with E-state index in [4.69, 9.17) is 0 Å². The summed E-state index contributed by atoms with van der Waals surface area (Å²) in [6, 6.07) is 6.18. The zero-order valence-electron chi connectivity index (χ0n) is 16.2. The van der Waals surface area contributed by atoms with E-state index in [-0.39, 0.29) is 0 Å². The fourth-order valence-electron chi connectivity index (χ4n) is 3.65. The van der Waals surface area contributed by atoms with Crippen LogP contribution in [-0.4, -0.2) is 38.3 Å². The van der Waals surface area contributed by atoms with Gasteiger partial charge in [0.1, 0.15) is 6.54 Å². The average Bonchev–Trinajstić information content (AvgIpc) is 3.24. The normalized spacial score (nSPS) is 13.2. The Kier molecular flexibility index (Phi) is 4.10. The third-order valence-electron chi connectivity index (χ3n) is 5.17. The topological polar surface area (TPSA) is 91.4 Å². The molecule has 0 N–H and O–H groups in total. The van der Waals surface area contributed by atoms with Gasteiger partial charge in [0.15, 0.2) is 11.2 Å². The molecular weight excluding hydrogens is 362 g/mol. The molecule has 0 atom stereocenters. The Morgan fingerprint density at radius 3 is 2.68 bits per heavy atom. The largest absolute Gasteiger partial charge is 0.468 e. The standard InChI is InChI=1S/C19H21N5O4/c1-11-5-6-12(2)13(9-11)22-7-8-23-15-16(20-18(22)23)21(3)19(27)24(17(15)26)10-14(25)28-4/h5-6,9H,7-8,10H2,1-4H3. The summed E-state index contributed by atoms with van der Waals surface area (Å²) in [5, 5.41) is 0. The Morgan fingerprint density at radius 2 is 1.96 bits per heavy atom. The summed E-state index contributed by atoms with van der Waals surface area (Å²) >= 11 is 0. The molecule has 0 fully saturated rings. The predicted octanol–water partition coefficient (Wildman–Crippen LogP) is 0.838. The average molecular weight is 383 g/mol. The maximum absolute atomic E-state index is 13.0. The van der Waals surface area contributed by atoms with Gasteiger partial charge in [0.2, 0.25) is 5.95 Å². The Labute approximate surface area is 160 Å². The number of anilines is 2. The SMILES string of the molecule is COC(=O)Cn1c(=O)c2c(nc3n2CCN3c2cc(C)ccc2C)n(C)c1=O. The number of hydrogen-bond donors (Lipinski definition) is 0. The first-order valence-electron chi connectivity index (χ1n) is 8.95. The van der Waals surface area contributed by atoms with Gasteiger partial charge in [0.05, 0.1) is 7.11 Å². The van der Waals surface area contributed by atoms with Gasteiger partial charge in [-0.25, -0.2) is 9.36 Å². The predicted molar refractivity (Wildman–Crippen MR) is 104 cm³/mol. The van der Waals surface area contributed by atoms with E-state index in [0.717, 1.165) is 21.4 Å². The molecule has 146 valence electrons. The van der Waals surface area contributed by atoms with Gasteiger partial charge >= 0.3 is 11.7 Å². The first-order chi connectivity index (χ1) is 13.3. The molecule has 3 aromatic rings. The minimum absolute atomic E-state index is 0.307. The van der Waals surface area contributed by atoms with E-state index in [0.29, 0.717) is 30.2 Å². The number of methoxy groups -OCH3 is 1. The second kappa shape index (κ2) is 6.36. The van der Waals surface area contributed by atoms with Crippen LogP contribution in [0.25, 0.3) is 11.2 Å². The van der Waals surface area contributed by atoms with E-state index in [2.05, 4.69) is 26.8 Å². The molecule has 3 heterocycles. The summed E-state index contributed by atoms with van der Waals surface area (Å²) in [7, 11) is 2.76. The fourth-order valence-corrected chi connectivity index (χ4v) is 3.65. The third kappa shape index (κ3) is 2.54. The van der Waals surface area contributed by atoms with Crippen molar-refractivity contribution in [2.24, 2.45) is 7.05 Å². The zero-order valence-corrected chi connectivity index (χ0v) is 16.2. The van der Waals surface area contributed by atoms with Crippen LogP contribution in [0.2, 0.25) is 0 Å². The Morgan fingerprint density at radius 1 is 1.21 bits per heavy atom. The van der Waals surface area contributed by atoms with Crippen LogP contribution < -0.4 is 16.1 Å². The van der Waals surface area contributed by atoms with Crippen LogP contribution in [0.3, 0.4) is 0 Å². The van der Waals surface area contributed by atoms with Crippen LogP contribution in [0.5, 0.6) is 0 Å². The van der Waals surface area contributed by atoms with Gasteiger partial charge in [0, 0.05) is 25.8 Å². The zero-order chi connectivity index (χ0) is 20.2. The van der Waals surface area contributed by atoms with Crippen molar-refractivity contribution in [3.05, 3.63) is 50.2 Å². The van der Waals surface area contributed by atoms with Crippen molar-refractivity contribution < 1.29 is 9.53 Å². The first kappa shape index (κ1) is 18.0. The highest BCUT2D eigenvalue weighted by Gasteiger charge is 2.29. The monoisotopic (exact) mass is 383 g/mol. The maximum Gasteiger partial charge on any atom is 0.333 e. The van der Waals surface area contributed by atoms with Crippen molar-refractivity contribution in [3.8, 4) is 0 Å². The Bertz CT molecular complexity index is 1230. The van der Waals surface area contributed by atoms with Crippen molar-refractivity contribution in [1.82, 2.24) is 18.7 Å². The molecule has 0 radical (unpaired) electrons. The van der Waals surface area contributed by atoms with Crippen molar-refractivity contribution in [3.63, 3.8) is 0 Å². The summed E-state index contributed by atoms with van der Waals surface area (Å²) in [5.41, 5.74) is 2.73. The molecule has 9 heteroatoms. The second-order valence-electron chi connectivity index (χ2n) is 6.99. The lowest BCUT2D eigenvalue weighted by molar-refractivity contribution is -0.141. The van der Waals surface area contributed by atoms with Crippen LogP contribution >= 0.6 is 0 Å². The number of fused-ring (bicyclic) bond motifs is 3. The van der Waals surface area contributed by atoms with Gasteiger partial charge in [-0.1, -0.05) is 12.1 Å². The number of imidazole rings is 1. The number of hydrogen-bond acceptors (Lipinski definition) is 6. The Hall–Kier alpha value is -3.36. The number of benzene rings is 1. The summed E-state index contributed by atoms with van der Waals surface area (Å²) in [6.45, 7) is 4.85. The molecule has 0 spiro atoms. The summed E-state index contributed by atoms with van der Waals surface area (Å²) in [5.74, 6) is -0.0386. The van der Waals surface area contributed by atoms with Gasteiger partial charge in [-0.3, -0.25) is 14.2 Å².